The number of benzene rings is 1. The first-order chi connectivity index (χ1) is 12.5. The van der Waals surface area contributed by atoms with E-state index in [1.54, 1.807) is 12.1 Å². The Morgan fingerprint density at radius 1 is 1.04 bits per heavy atom. The van der Waals surface area contributed by atoms with Gasteiger partial charge in [-0.15, -0.1) is 0 Å². The number of hydrogen-bond acceptors (Lipinski definition) is 7. The van der Waals surface area contributed by atoms with Crippen molar-refractivity contribution < 1.29 is 33.9 Å². The summed E-state index contributed by atoms with van der Waals surface area (Å²) in [6.45, 7) is 8.18. The average molecular weight is 368 g/mol. The Morgan fingerprint density at radius 3 is 2.31 bits per heavy atom. The van der Waals surface area contributed by atoms with Crippen LogP contribution in [0.15, 0.2) is 24.3 Å². The van der Waals surface area contributed by atoms with E-state index in [0.717, 1.165) is 25.7 Å². The molecule has 1 atom stereocenters. The minimum Gasteiger partial charge on any atom is -0.491 e. The van der Waals surface area contributed by atoms with E-state index >= 15 is 0 Å². The Hall–Kier alpha value is -2.28. The molecule has 1 aromatic carbocycles. The monoisotopic (exact) mass is 368 g/mol. The topological polar surface area (TPSA) is 80.3 Å². The van der Waals surface area contributed by atoms with Crippen molar-refractivity contribution in [2.75, 3.05) is 6.61 Å². The lowest BCUT2D eigenvalue weighted by molar-refractivity contribution is -0.452. The third-order valence-electron chi connectivity index (χ3n) is 3.65. The van der Waals surface area contributed by atoms with Gasteiger partial charge in [0, 0.05) is 0 Å². The summed E-state index contributed by atoms with van der Waals surface area (Å²) in [6.07, 6.45) is 3.03. The molecule has 26 heavy (non-hydrogen) atoms. The zero-order valence-corrected chi connectivity index (χ0v) is 15.9. The Balaban J connectivity index is 2.29. The van der Waals surface area contributed by atoms with Crippen LogP contribution < -0.4 is 4.74 Å². The fraction of sp³-hybridized carbons (Fsp3) is 0.579. The molecule has 0 aliphatic rings. The van der Waals surface area contributed by atoms with Crippen molar-refractivity contribution in [3.63, 3.8) is 0 Å². The molecule has 0 aromatic heterocycles. The molecule has 0 bridgehead atoms. The molecule has 0 saturated heterocycles. The average Bonchev–Trinajstić information content (AvgIpc) is 2.62. The van der Waals surface area contributed by atoms with Gasteiger partial charge in [0.15, 0.2) is 0 Å². The second-order valence-corrected chi connectivity index (χ2v) is 6.19. The molecule has 1 aromatic rings. The number of hydrogen-bond donors (Lipinski definition) is 0. The number of ether oxygens (including phenoxy) is 2. The molecule has 0 saturated carbocycles. The van der Waals surface area contributed by atoms with Crippen molar-refractivity contribution in [2.45, 2.75) is 59.5 Å². The Labute approximate surface area is 154 Å². The number of unbranched alkanes of at least 4 members (excludes halogenated alkanes) is 1. The molecule has 146 valence electrons. The lowest BCUT2D eigenvalue weighted by Crippen LogP contribution is -2.16. The molecule has 0 spiro atoms. The van der Waals surface area contributed by atoms with Crippen LogP contribution in [0.4, 0.5) is 4.79 Å². The third-order valence-corrected chi connectivity index (χ3v) is 3.65. The predicted molar refractivity (Wildman–Crippen MR) is 94.4 cm³/mol. The molecule has 0 heterocycles. The van der Waals surface area contributed by atoms with Crippen molar-refractivity contribution >= 4 is 12.1 Å². The molecule has 0 aliphatic heterocycles. The summed E-state index contributed by atoms with van der Waals surface area (Å²) in [5, 5.41) is 4.20. The highest BCUT2D eigenvalue weighted by molar-refractivity contribution is 5.89. The van der Waals surface area contributed by atoms with E-state index in [1.165, 1.54) is 12.1 Å². The lowest BCUT2D eigenvalue weighted by atomic mass is 10.0. The van der Waals surface area contributed by atoms with Gasteiger partial charge in [0.05, 0.1) is 23.3 Å². The highest BCUT2D eigenvalue weighted by Crippen LogP contribution is 2.15. The highest BCUT2D eigenvalue weighted by Gasteiger charge is 2.14. The minimum atomic E-state index is -1.05. The van der Waals surface area contributed by atoms with Crippen molar-refractivity contribution in [2.24, 2.45) is 5.92 Å². The maximum Gasteiger partial charge on any atom is 0.543 e. The van der Waals surface area contributed by atoms with Gasteiger partial charge in [0.1, 0.15) is 5.75 Å². The van der Waals surface area contributed by atoms with Crippen molar-refractivity contribution in [3.8, 4) is 5.75 Å². The van der Waals surface area contributed by atoms with Crippen molar-refractivity contribution in [1.82, 2.24) is 0 Å². The van der Waals surface area contributed by atoms with Crippen LogP contribution in [0.1, 0.15) is 63.7 Å². The zero-order chi connectivity index (χ0) is 19.4. The molecule has 0 fully saturated rings. The molecule has 1 rings (SSSR count). The van der Waals surface area contributed by atoms with E-state index in [4.69, 9.17) is 9.47 Å². The van der Waals surface area contributed by atoms with Crippen LogP contribution in [0.2, 0.25) is 0 Å². The zero-order valence-electron chi connectivity index (χ0n) is 15.9. The van der Waals surface area contributed by atoms with E-state index in [2.05, 4.69) is 21.7 Å². The first kappa shape index (κ1) is 21.8. The molecule has 0 radical (unpaired) electrons. The summed E-state index contributed by atoms with van der Waals surface area (Å²) in [7, 11) is 0. The predicted octanol–water partition coefficient (Wildman–Crippen LogP) is 4.85. The van der Waals surface area contributed by atoms with Crippen LogP contribution >= 0.6 is 0 Å². The highest BCUT2D eigenvalue weighted by atomic mass is 17.5. The van der Waals surface area contributed by atoms with E-state index in [9.17, 15) is 9.59 Å². The molecule has 7 heteroatoms. The first-order valence-corrected chi connectivity index (χ1v) is 8.95. The van der Waals surface area contributed by atoms with Gasteiger partial charge in [-0.1, -0.05) is 33.1 Å². The lowest BCUT2D eigenvalue weighted by Gasteiger charge is -2.13. The quantitative estimate of drug-likeness (QED) is 0.314. The number of carbonyl (C=O) groups is 2. The molecule has 7 nitrogen and oxygen atoms in total. The van der Waals surface area contributed by atoms with Crippen molar-refractivity contribution in [1.29, 1.82) is 0 Å². The van der Waals surface area contributed by atoms with E-state index in [1.807, 2.05) is 20.8 Å². The maximum atomic E-state index is 11.8. The fourth-order valence-electron chi connectivity index (χ4n) is 2.17. The van der Waals surface area contributed by atoms with Crippen molar-refractivity contribution in [3.05, 3.63) is 29.8 Å². The number of carbonyl (C=O) groups excluding carboxylic acids is 2. The SMILES string of the molecule is CCCCC(CC)COC(=O)OOOC(=O)c1ccc(OC(C)C)cc1. The number of rotatable bonds is 11. The fourth-order valence-corrected chi connectivity index (χ4v) is 2.17. The first-order valence-electron chi connectivity index (χ1n) is 8.95. The molecular weight excluding hydrogens is 340 g/mol. The van der Waals surface area contributed by atoms with Gasteiger partial charge in [-0.25, -0.2) is 14.5 Å². The van der Waals surface area contributed by atoms with Gasteiger partial charge in [0.25, 0.3) is 0 Å². The van der Waals surface area contributed by atoms with Crippen LogP contribution in [-0.2, 0) is 19.6 Å². The van der Waals surface area contributed by atoms with Crippen LogP contribution in [0.25, 0.3) is 0 Å². The second kappa shape index (κ2) is 12.1. The van der Waals surface area contributed by atoms with E-state index in [-0.39, 0.29) is 24.2 Å². The van der Waals surface area contributed by atoms with E-state index < -0.39 is 12.1 Å². The summed E-state index contributed by atoms with van der Waals surface area (Å²) >= 11 is 0. The van der Waals surface area contributed by atoms with Gasteiger partial charge in [-0.3, -0.25) is 4.89 Å². The van der Waals surface area contributed by atoms with E-state index in [0.29, 0.717) is 5.75 Å². The Bertz CT molecular complexity index is 539. The maximum absolute atomic E-state index is 11.8. The van der Waals surface area contributed by atoms with Crippen LogP contribution in [0.3, 0.4) is 0 Å². The van der Waals surface area contributed by atoms with Gasteiger partial charge in [0.2, 0.25) is 0 Å². The summed E-state index contributed by atoms with van der Waals surface area (Å²) in [4.78, 5) is 31.9. The Morgan fingerprint density at radius 2 is 1.73 bits per heavy atom. The van der Waals surface area contributed by atoms with Gasteiger partial charge < -0.3 is 9.47 Å². The molecule has 0 aliphatic carbocycles. The normalized spacial score (nSPS) is 11.7. The van der Waals surface area contributed by atoms with Gasteiger partial charge in [-0.2, -0.15) is 0 Å². The standard InChI is InChI=1S/C19H28O7/c1-5-7-8-15(6-2)13-22-19(21)25-26-24-18(20)16-9-11-17(12-10-16)23-14(3)4/h9-12,14-15H,5-8,13H2,1-4H3. The summed E-state index contributed by atoms with van der Waals surface area (Å²) in [5.41, 5.74) is 0.226. The largest absolute Gasteiger partial charge is 0.543 e. The molecule has 0 amide bonds. The summed E-state index contributed by atoms with van der Waals surface area (Å²) in [6, 6.07) is 6.29. The van der Waals surface area contributed by atoms with Gasteiger partial charge >= 0.3 is 12.1 Å². The molecular formula is C19H28O7. The van der Waals surface area contributed by atoms with Crippen LogP contribution in [0.5, 0.6) is 5.75 Å². The van der Waals surface area contributed by atoms with Crippen LogP contribution in [-0.4, -0.2) is 24.8 Å². The smallest absolute Gasteiger partial charge is 0.491 e. The second-order valence-electron chi connectivity index (χ2n) is 6.19. The molecule has 1 unspecified atom stereocenters. The molecule has 0 N–H and O–H groups in total. The minimum absolute atomic E-state index is 0.0322. The summed E-state index contributed by atoms with van der Waals surface area (Å²) < 4.78 is 10.4. The van der Waals surface area contributed by atoms with Crippen LogP contribution in [0, 0.1) is 5.92 Å². The van der Waals surface area contributed by atoms with Gasteiger partial charge in [-0.05, 0) is 50.5 Å². The summed E-state index contributed by atoms with van der Waals surface area (Å²) in [5.74, 6) is 0.103. The Kier molecular flexibility index (Phi) is 10.2. The third kappa shape index (κ3) is 8.71.